The third kappa shape index (κ3) is 3.79. The lowest BCUT2D eigenvalue weighted by molar-refractivity contribution is 0.670. The summed E-state index contributed by atoms with van der Waals surface area (Å²) in [5.74, 6) is 0. The molecule has 0 saturated carbocycles. The fourth-order valence-electron chi connectivity index (χ4n) is 6.37. The van der Waals surface area contributed by atoms with Crippen molar-refractivity contribution in [2.24, 2.45) is 0 Å². The van der Waals surface area contributed by atoms with Crippen molar-refractivity contribution in [3.05, 3.63) is 140 Å². The van der Waals surface area contributed by atoms with Gasteiger partial charge in [0.05, 0.1) is 0 Å². The largest absolute Gasteiger partial charge is 0.455 e. The molecule has 8 rings (SSSR count). The van der Waals surface area contributed by atoms with Crippen LogP contribution in [-0.2, 0) is 0 Å². The number of thioether (sulfide) groups is 1. The first-order valence-electron chi connectivity index (χ1n) is 13.9. The molecule has 8 aromatic rings. The van der Waals surface area contributed by atoms with Gasteiger partial charge in [-0.15, -0.1) is 11.8 Å². The minimum atomic E-state index is 0.924. The van der Waals surface area contributed by atoms with Crippen LogP contribution in [0.1, 0.15) is 0 Å². The Morgan fingerprint density at radius 2 is 0.927 bits per heavy atom. The third-order valence-corrected chi connectivity index (χ3v) is 8.99. The first-order chi connectivity index (χ1) is 20.3. The third-order valence-electron chi connectivity index (χ3n) is 8.20. The summed E-state index contributed by atoms with van der Waals surface area (Å²) >= 11 is 1.80. The number of rotatable bonds is 4. The lowest BCUT2D eigenvalue weighted by Crippen LogP contribution is -1.92. The van der Waals surface area contributed by atoms with Gasteiger partial charge in [-0.05, 0) is 67.8 Å². The van der Waals surface area contributed by atoms with Gasteiger partial charge in [-0.2, -0.15) is 0 Å². The van der Waals surface area contributed by atoms with Crippen molar-refractivity contribution >= 4 is 55.2 Å². The zero-order valence-corrected chi connectivity index (χ0v) is 23.4. The molecule has 1 aromatic heterocycles. The molecule has 0 spiro atoms. The molecule has 0 radical (unpaired) electrons. The summed E-state index contributed by atoms with van der Waals surface area (Å²) in [6.07, 6.45) is 2.16. The van der Waals surface area contributed by atoms with Crippen LogP contribution in [0.2, 0.25) is 0 Å². The minimum Gasteiger partial charge on any atom is -0.455 e. The Kier molecular flexibility index (Phi) is 5.68. The van der Waals surface area contributed by atoms with Crippen LogP contribution in [0.3, 0.4) is 0 Å². The van der Waals surface area contributed by atoms with E-state index in [-0.39, 0.29) is 0 Å². The summed E-state index contributed by atoms with van der Waals surface area (Å²) in [6, 6.07) is 50.1. The smallest absolute Gasteiger partial charge is 0.143 e. The quantitative estimate of drug-likeness (QED) is 0.162. The maximum Gasteiger partial charge on any atom is 0.143 e. The molecule has 0 aliphatic heterocycles. The molecule has 1 heterocycles. The van der Waals surface area contributed by atoms with E-state index in [0.29, 0.717) is 0 Å². The molecule has 2 heteroatoms. The van der Waals surface area contributed by atoms with Crippen molar-refractivity contribution in [3.63, 3.8) is 0 Å². The average Bonchev–Trinajstić information content (AvgIpc) is 3.43. The van der Waals surface area contributed by atoms with E-state index in [1.54, 1.807) is 11.8 Å². The summed E-state index contributed by atoms with van der Waals surface area (Å²) in [6.45, 7) is 0. The van der Waals surface area contributed by atoms with Crippen molar-refractivity contribution in [2.75, 3.05) is 6.26 Å². The second kappa shape index (κ2) is 9.69. The van der Waals surface area contributed by atoms with Gasteiger partial charge in [-0.25, -0.2) is 0 Å². The topological polar surface area (TPSA) is 13.1 Å². The summed E-state index contributed by atoms with van der Waals surface area (Å²) in [5.41, 5.74) is 9.20. The molecule has 0 saturated heterocycles. The van der Waals surface area contributed by atoms with Crippen molar-refractivity contribution in [2.45, 2.75) is 4.90 Å². The van der Waals surface area contributed by atoms with E-state index in [1.165, 1.54) is 48.7 Å². The van der Waals surface area contributed by atoms with Gasteiger partial charge in [-0.3, -0.25) is 0 Å². The molecular weight excluding hydrogens is 516 g/mol. The molecule has 0 fully saturated rings. The number of hydrogen-bond donors (Lipinski definition) is 0. The number of furan rings is 1. The molecule has 0 aliphatic rings. The molecule has 0 atom stereocenters. The number of fused-ring (bicyclic) bond motifs is 5. The van der Waals surface area contributed by atoms with Crippen molar-refractivity contribution in [3.8, 4) is 33.4 Å². The zero-order chi connectivity index (χ0) is 27.3. The molecule has 194 valence electrons. The minimum absolute atomic E-state index is 0.924. The highest BCUT2D eigenvalue weighted by atomic mass is 32.2. The van der Waals surface area contributed by atoms with Gasteiger partial charge in [0, 0.05) is 21.2 Å². The Labute approximate surface area is 243 Å². The average molecular weight is 543 g/mol. The van der Waals surface area contributed by atoms with Crippen LogP contribution in [0.25, 0.3) is 76.9 Å². The van der Waals surface area contributed by atoms with E-state index >= 15 is 0 Å². The first kappa shape index (κ1) is 24.0. The first-order valence-corrected chi connectivity index (χ1v) is 15.1. The van der Waals surface area contributed by atoms with Gasteiger partial charge < -0.3 is 4.42 Å². The molecule has 41 heavy (non-hydrogen) atoms. The molecule has 0 bridgehead atoms. The Hall–Kier alpha value is -4.79. The Morgan fingerprint density at radius 1 is 0.415 bits per heavy atom. The van der Waals surface area contributed by atoms with E-state index < -0.39 is 0 Å². The maximum absolute atomic E-state index is 6.34. The monoisotopic (exact) mass is 542 g/mol. The Bertz CT molecular complexity index is 2180. The predicted octanol–water partition coefficient (Wildman–Crippen LogP) is 11.6. The van der Waals surface area contributed by atoms with E-state index in [1.807, 2.05) is 12.1 Å². The van der Waals surface area contributed by atoms with Crippen LogP contribution in [0.5, 0.6) is 0 Å². The second-order valence-electron chi connectivity index (χ2n) is 10.4. The molecular formula is C39H26OS. The fourth-order valence-corrected chi connectivity index (χ4v) is 6.98. The zero-order valence-electron chi connectivity index (χ0n) is 22.6. The van der Waals surface area contributed by atoms with Crippen LogP contribution in [0, 0.1) is 0 Å². The van der Waals surface area contributed by atoms with Crippen LogP contribution in [0.4, 0.5) is 0 Å². The second-order valence-corrected chi connectivity index (χ2v) is 11.2. The van der Waals surface area contributed by atoms with Gasteiger partial charge in [-0.1, -0.05) is 127 Å². The Morgan fingerprint density at radius 3 is 1.61 bits per heavy atom. The molecule has 7 aromatic carbocycles. The van der Waals surface area contributed by atoms with Crippen molar-refractivity contribution in [1.82, 2.24) is 0 Å². The number of benzene rings is 7. The van der Waals surface area contributed by atoms with Crippen molar-refractivity contribution < 1.29 is 4.42 Å². The lowest BCUT2D eigenvalue weighted by atomic mass is 9.85. The normalized spacial score (nSPS) is 11.6. The summed E-state index contributed by atoms with van der Waals surface area (Å²) in [7, 11) is 0. The lowest BCUT2D eigenvalue weighted by Gasteiger charge is -2.19. The molecule has 1 nitrogen and oxygen atoms in total. The van der Waals surface area contributed by atoms with Crippen molar-refractivity contribution in [1.29, 1.82) is 0 Å². The van der Waals surface area contributed by atoms with Gasteiger partial charge in [0.2, 0.25) is 0 Å². The van der Waals surface area contributed by atoms with Gasteiger partial charge in [0.25, 0.3) is 0 Å². The molecule has 0 aliphatic carbocycles. The number of para-hydroxylation sites is 2. The van der Waals surface area contributed by atoms with E-state index in [4.69, 9.17) is 4.42 Å². The van der Waals surface area contributed by atoms with Crippen LogP contribution in [0.15, 0.2) is 149 Å². The van der Waals surface area contributed by atoms with Crippen LogP contribution in [-0.4, -0.2) is 6.26 Å². The molecule has 0 amide bonds. The van der Waals surface area contributed by atoms with E-state index in [9.17, 15) is 0 Å². The Balaban J connectivity index is 1.35. The molecule has 0 unspecified atom stereocenters. The van der Waals surface area contributed by atoms with E-state index in [2.05, 4.69) is 134 Å². The fraction of sp³-hybridized carbons (Fsp3) is 0.0256. The highest BCUT2D eigenvalue weighted by molar-refractivity contribution is 7.98. The SMILES string of the molecule is CSc1ccccc1-c1c2ccccc2c(-c2ccc(-c3cccc4c3oc3ccccc34)cc2)c2ccccc12. The van der Waals surface area contributed by atoms with Gasteiger partial charge in [0.15, 0.2) is 0 Å². The summed E-state index contributed by atoms with van der Waals surface area (Å²) in [5, 5.41) is 7.40. The summed E-state index contributed by atoms with van der Waals surface area (Å²) < 4.78 is 6.34. The summed E-state index contributed by atoms with van der Waals surface area (Å²) in [4.78, 5) is 1.29. The standard InChI is InChI=1S/C39H26OS/c1-41-36-20-9-7-16-34(36)38-31-14-4-2-12-29(31)37(30-13-3-5-15-32(30)38)26-23-21-25(22-24-26)27-17-10-18-33-28-11-6-8-19-35(28)40-39(27)33/h2-24H,1H3. The number of hydrogen-bond acceptors (Lipinski definition) is 2. The van der Waals surface area contributed by atoms with Crippen LogP contribution < -0.4 is 0 Å². The maximum atomic E-state index is 6.34. The highest BCUT2D eigenvalue weighted by Gasteiger charge is 2.18. The van der Waals surface area contributed by atoms with Gasteiger partial charge in [0.1, 0.15) is 11.2 Å². The molecule has 0 N–H and O–H groups in total. The van der Waals surface area contributed by atoms with E-state index in [0.717, 1.165) is 33.1 Å². The van der Waals surface area contributed by atoms with Gasteiger partial charge >= 0.3 is 0 Å². The highest BCUT2D eigenvalue weighted by Crippen LogP contribution is 2.46. The predicted molar refractivity (Wildman–Crippen MR) is 177 cm³/mol. The van der Waals surface area contributed by atoms with Crippen LogP contribution >= 0.6 is 11.8 Å².